The first-order chi connectivity index (χ1) is 13.9. The van der Waals surface area contributed by atoms with Gasteiger partial charge in [-0.1, -0.05) is 68.8 Å². The van der Waals surface area contributed by atoms with Crippen LogP contribution < -0.4 is 0 Å². The largest absolute Gasteiger partial charge is 0.460 e. The summed E-state index contributed by atoms with van der Waals surface area (Å²) >= 11 is 0. The molecule has 29 heavy (non-hydrogen) atoms. The first-order valence-corrected chi connectivity index (χ1v) is 10.7. The predicted molar refractivity (Wildman–Crippen MR) is 113 cm³/mol. The van der Waals surface area contributed by atoms with Crippen molar-refractivity contribution in [1.82, 2.24) is 0 Å². The third kappa shape index (κ3) is 4.24. The molecule has 0 unspecified atom stereocenters. The van der Waals surface area contributed by atoms with E-state index in [-0.39, 0.29) is 29.5 Å². The number of rotatable bonds is 4. The van der Waals surface area contributed by atoms with Crippen LogP contribution in [0.4, 0.5) is 0 Å². The minimum absolute atomic E-state index is 0.107. The third-order valence-electron chi connectivity index (χ3n) is 6.49. The van der Waals surface area contributed by atoms with Gasteiger partial charge in [-0.3, -0.25) is 0 Å². The molecule has 1 saturated carbocycles. The molecule has 1 fully saturated rings. The van der Waals surface area contributed by atoms with Crippen LogP contribution in [-0.4, -0.2) is 24.3 Å². The highest BCUT2D eigenvalue weighted by molar-refractivity contribution is 5.83. The van der Waals surface area contributed by atoms with Crippen molar-refractivity contribution in [3.05, 3.63) is 60.2 Å². The molecule has 1 aliphatic heterocycles. The quantitative estimate of drug-likeness (QED) is 0.390. The molecule has 0 aromatic heterocycles. The van der Waals surface area contributed by atoms with Gasteiger partial charge >= 0.3 is 5.97 Å². The van der Waals surface area contributed by atoms with Crippen molar-refractivity contribution in [1.29, 1.82) is 0 Å². The van der Waals surface area contributed by atoms with Gasteiger partial charge in [-0.05, 0) is 54.0 Å². The van der Waals surface area contributed by atoms with Crippen LogP contribution in [0, 0.1) is 5.92 Å². The normalized spacial score (nSPS) is 27.7. The molecule has 0 radical (unpaired) electrons. The van der Waals surface area contributed by atoms with Gasteiger partial charge < -0.3 is 4.74 Å². The summed E-state index contributed by atoms with van der Waals surface area (Å²) in [6.07, 6.45) is 6.69. The molecule has 2 aliphatic rings. The molecule has 1 aliphatic carbocycles. The second kappa shape index (κ2) is 8.29. The van der Waals surface area contributed by atoms with Crippen LogP contribution in [0.3, 0.4) is 0 Å². The van der Waals surface area contributed by atoms with Crippen LogP contribution in [0.5, 0.6) is 0 Å². The van der Waals surface area contributed by atoms with Gasteiger partial charge in [-0.2, -0.15) is 0 Å². The molecule has 0 saturated heterocycles. The summed E-state index contributed by atoms with van der Waals surface area (Å²) in [6, 6.07) is 15.1. The van der Waals surface area contributed by atoms with E-state index in [1.807, 2.05) is 13.0 Å². The fourth-order valence-corrected chi connectivity index (χ4v) is 4.67. The van der Waals surface area contributed by atoms with E-state index in [0.717, 1.165) is 25.7 Å². The van der Waals surface area contributed by atoms with Crippen molar-refractivity contribution >= 4 is 16.7 Å². The van der Waals surface area contributed by atoms with Crippen LogP contribution in [0.15, 0.2) is 54.6 Å². The maximum atomic E-state index is 12.7. The summed E-state index contributed by atoms with van der Waals surface area (Å²) in [5.74, 6) is -0.104. The number of hydrogen-bond donors (Lipinski definition) is 0. The van der Waals surface area contributed by atoms with Gasteiger partial charge in [0.2, 0.25) is 6.10 Å². The fraction of sp³-hybridized carbons (Fsp3) is 0.480. The average Bonchev–Trinajstić information content (AvgIpc) is 2.74. The zero-order valence-electron chi connectivity index (χ0n) is 17.5. The fourth-order valence-electron chi connectivity index (χ4n) is 4.67. The van der Waals surface area contributed by atoms with E-state index in [1.54, 1.807) is 6.08 Å². The Kier molecular flexibility index (Phi) is 5.75. The zero-order chi connectivity index (χ0) is 20.4. The maximum Gasteiger partial charge on any atom is 0.343 e. The molecule has 0 amide bonds. The van der Waals surface area contributed by atoms with E-state index in [4.69, 9.17) is 14.5 Å². The minimum Gasteiger partial charge on any atom is -0.460 e. The Morgan fingerprint density at radius 2 is 1.76 bits per heavy atom. The molecule has 4 nitrogen and oxygen atoms in total. The number of carbonyl (C=O) groups excluding carboxylic acids is 1. The Balaban J connectivity index is 1.55. The maximum absolute atomic E-state index is 12.7. The first-order valence-electron chi connectivity index (χ1n) is 10.7. The summed E-state index contributed by atoms with van der Waals surface area (Å²) in [6.45, 7) is 6.41. The Labute approximate surface area is 172 Å². The minimum atomic E-state index is -0.780. The lowest BCUT2D eigenvalue weighted by Gasteiger charge is -2.42. The van der Waals surface area contributed by atoms with Gasteiger partial charge in [0.25, 0.3) is 0 Å². The van der Waals surface area contributed by atoms with Crippen LogP contribution in [0.1, 0.15) is 52.0 Å². The van der Waals surface area contributed by atoms with Crippen molar-refractivity contribution in [2.24, 2.45) is 5.92 Å². The Morgan fingerprint density at radius 3 is 2.52 bits per heavy atom. The van der Waals surface area contributed by atoms with Gasteiger partial charge in [-0.15, -0.1) is 0 Å². The lowest BCUT2D eigenvalue weighted by atomic mass is 9.66. The van der Waals surface area contributed by atoms with Crippen molar-refractivity contribution in [2.45, 2.75) is 70.2 Å². The Morgan fingerprint density at radius 1 is 1.00 bits per heavy atom. The second-order valence-electron chi connectivity index (χ2n) is 8.85. The lowest BCUT2D eigenvalue weighted by molar-refractivity contribution is -0.333. The molecule has 4 heteroatoms. The first kappa shape index (κ1) is 20.1. The molecular weight excluding hydrogens is 364 g/mol. The zero-order valence-corrected chi connectivity index (χ0v) is 17.5. The number of esters is 1. The molecule has 2 aromatic rings. The Bertz CT molecular complexity index is 901. The van der Waals surface area contributed by atoms with Gasteiger partial charge in [0.15, 0.2) is 0 Å². The summed E-state index contributed by atoms with van der Waals surface area (Å²) in [5.41, 5.74) is 1.18. The van der Waals surface area contributed by atoms with Crippen molar-refractivity contribution < 1.29 is 19.3 Å². The van der Waals surface area contributed by atoms with Gasteiger partial charge in [-0.25, -0.2) is 14.6 Å². The van der Waals surface area contributed by atoms with Crippen LogP contribution in [-0.2, 0) is 24.7 Å². The highest BCUT2D eigenvalue weighted by atomic mass is 17.2. The molecule has 0 N–H and O–H groups in total. The molecule has 154 valence electrons. The molecule has 2 aromatic carbocycles. The molecule has 1 heterocycles. The number of benzene rings is 2. The van der Waals surface area contributed by atoms with E-state index in [1.165, 1.54) is 16.3 Å². The number of ether oxygens (including phenoxy) is 1. The topological polar surface area (TPSA) is 44.8 Å². The van der Waals surface area contributed by atoms with Crippen molar-refractivity contribution in [3.8, 4) is 0 Å². The third-order valence-corrected chi connectivity index (χ3v) is 6.49. The highest BCUT2D eigenvalue weighted by Gasteiger charge is 2.41. The number of fused-ring (bicyclic) bond motifs is 1. The molecular formula is C25H30O4. The summed E-state index contributed by atoms with van der Waals surface area (Å²) in [4.78, 5) is 23.0. The van der Waals surface area contributed by atoms with Gasteiger partial charge in [0.05, 0.1) is 0 Å². The summed E-state index contributed by atoms with van der Waals surface area (Å²) in [7, 11) is 0. The van der Waals surface area contributed by atoms with Gasteiger partial charge in [0, 0.05) is 5.92 Å². The van der Waals surface area contributed by atoms with E-state index >= 15 is 0 Å². The van der Waals surface area contributed by atoms with Crippen LogP contribution in [0.2, 0.25) is 0 Å². The SMILES string of the molecule is C[C@@H]1C=C[C@H](C(=O)O[C@H]2CCCC[C@@H]2C(C)(C)c2ccc3ccccc3c2)OO1. The van der Waals surface area contributed by atoms with Crippen LogP contribution in [0.25, 0.3) is 10.8 Å². The molecule has 4 rings (SSSR count). The Hall–Kier alpha value is -2.17. The van der Waals surface area contributed by atoms with Gasteiger partial charge in [0.1, 0.15) is 12.2 Å². The number of hydrogen-bond acceptors (Lipinski definition) is 4. The highest BCUT2D eigenvalue weighted by Crippen LogP contribution is 2.43. The summed E-state index contributed by atoms with van der Waals surface area (Å²) in [5, 5.41) is 2.49. The molecule has 0 spiro atoms. The van der Waals surface area contributed by atoms with Crippen LogP contribution >= 0.6 is 0 Å². The number of carbonyl (C=O) groups is 1. The standard InChI is InChI=1S/C25H30O4/c1-17-12-15-23(29-28-17)24(26)27-22-11-7-6-10-21(22)25(2,3)20-14-13-18-8-4-5-9-19(18)16-20/h4-5,8-9,12-17,21-23H,6-7,10-11H2,1-3H3/t17-,21+,22+,23-/m1/s1. The average molecular weight is 395 g/mol. The van der Waals surface area contributed by atoms with E-state index in [0.29, 0.717) is 0 Å². The van der Waals surface area contributed by atoms with E-state index < -0.39 is 6.10 Å². The monoisotopic (exact) mass is 394 g/mol. The molecule has 0 bridgehead atoms. The molecule has 4 atom stereocenters. The predicted octanol–water partition coefficient (Wildman–Crippen LogP) is 5.49. The smallest absolute Gasteiger partial charge is 0.343 e. The lowest BCUT2D eigenvalue weighted by Crippen LogP contribution is -2.43. The van der Waals surface area contributed by atoms with Crippen molar-refractivity contribution in [3.63, 3.8) is 0 Å². The van der Waals surface area contributed by atoms with E-state index in [2.05, 4.69) is 56.3 Å². The van der Waals surface area contributed by atoms with E-state index in [9.17, 15) is 4.79 Å². The second-order valence-corrected chi connectivity index (χ2v) is 8.85. The van der Waals surface area contributed by atoms with Crippen molar-refractivity contribution in [2.75, 3.05) is 0 Å². The summed E-state index contributed by atoms with van der Waals surface area (Å²) < 4.78 is 5.98.